The number of allylic oxidation sites excluding steroid dienone is 1. The lowest BCUT2D eigenvalue weighted by atomic mass is 9.86. The van der Waals surface area contributed by atoms with Gasteiger partial charge in [0.25, 0.3) is 0 Å². The highest BCUT2D eigenvalue weighted by atomic mass is 35.5. The molecule has 1 aliphatic rings. The summed E-state index contributed by atoms with van der Waals surface area (Å²) >= 11 is 6.03. The highest BCUT2D eigenvalue weighted by Gasteiger charge is 2.26. The van der Waals surface area contributed by atoms with E-state index in [-0.39, 0.29) is 0 Å². The van der Waals surface area contributed by atoms with Gasteiger partial charge >= 0.3 is 0 Å². The fourth-order valence-electron chi connectivity index (χ4n) is 3.03. The molecule has 0 N–H and O–H groups in total. The van der Waals surface area contributed by atoms with Gasteiger partial charge < -0.3 is 14.4 Å². The van der Waals surface area contributed by atoms with Crippen molar-refractivity contribution < 1.29 is 9.53 Å². The fourth-order valence-corrected chi connectivity index (χ4v) is 3.16. The molecule has 2 aromatic rings. The van der Waals surface area contributed by atoms with Crippen LogP contribution >= 0.6 is 11.6 Å². The lowest BCUT2D eigenvalue weighted by Gasteiger charge is -2.34. The summed E-state index contributed by atoms with van der Waals surface area (Å²) in [6.07, 6.45) is 1.23. The fraction of sp³-hybridized carbons (Fsp3) is 0.150. The number of carbonyl (C=O) groups is 1. The molecule has 0 atom stereocenters. The summed E-state index contributed by atoms with van der Waals surface area (Å²) in [6, 6.07) is 13.5. The van der Waals surface area contributed by atoms with Gasteiger partial charge in [-0.1, -0.05) is 30.3 Å². The summed E-state index contributed by atoms with van der Waals surface area (Å²) in [5.41, 5.74) is 5.82. The maximum absolute atomic E-state index is 11.3. The Hall–Kier alpha value is -2.52. The summed E-state index contributed by atoms with van der Waals surface area (Å²) in [7, 11) is 3.58. The van der Waals surface area contributed by atoms with Gasteiger partial charge in [0.2, 0.25) is 0 Å². The highest BCUT2D eigenvalue weighted by Crippen LogP contribution is 2.42. The Labute approximate surface area is 146 Å². The van der Waals surface area contributed by atoms with E-state index in [9.17, 15) is 4.79 Å². The molecule has 0 radical (unpaired) electrons. The minimum Gasteiger partial charge on any atom is -0.497 e. The van der Waals surface area contributed by atoms with Crippen LogP contribution in [0.3, 0.4) is 0 Å². The van der Waals surface area contributed by atoms with E-state index >= 15 is 0 Å². The van der Waals surface area contributed by atoms with Crippen LogP contribution in [0, 0.1) is 0 Å². The van der Waals surface area contributed by atoms with E-state index < -0.39 is 0 Å². The van der Waals surface area contributed by atoms with Gasteiger partial charge in [-0.3, -0.25) is 0 Å². The number of fused-ring (bicyclic) bond motifs is 1. The Morgan fingerprint density at radius 3 is 2.50 bits per heavy atom. The molecule has 0 bridgehead atoms. The predicted octanol–water partition coefficient (Wildman–Crippen LogP) is 4.61. The molecule has 0 aromatic heterocycles. The molecule has 0 unspecified atom stereocenters. The van der Waals surface area contributed by atoms with Crippen LogP contribution in [0.25, 0.3) is 11.3 Å². The van der Waals surface area contributed by atoms with Gasteiger partial charge in [0.1, 0.15) is 12.0 Å². The summed E-state index contributed by atoms with van der Waals surface area (Å²) in [6.45, 7) is 4.18. The molecule has 0 saturated carbocycles. The normalized spacial score (nSPS) is 13.8. The standard InChI is InChI=1S/C20H18ClNO2/c1-13-17-9-8-16(24-3)12-18(17)20(19(10-11-23)22(13)2)14-4-6-15(21)7-5-14/h4-9,11-12H,1,10H2,2-3H3. The summed E-state index contributed by atoms with van der Waals surface area (Å²) in [5.74, 6) is 0.767. The number of hydrogen-bond acceptors (Lipinski definition) is 3. The van der Waals surface area contributed by atoms with Gasteiger partial charge in [-0.2, -0.15) is 0 Å². The molecule has 3 nitrogen and oxygen atoms in total. The summed E-state index contributed by atoms with van der Waals surface area (Å²) in [4.78, 5) is 13.2. The van der Waals surface area contributed by atoms with Crippen molar-refractivity contribution in [3.05, 3.63) is 76.5 Å². The van der Waals surface area contributed by atoms with Crippen molar-refractivity contribution in [1.82, 2.24) is 4.90 Å². The lowest BCUT2D eigenvalue weighted by Crippen LogP contribution is -2.23. The van der Waals surface area contributed by atoms with Crippen molar-refractivity contribution in [3.8, 4) is 5.75 Å². The van der Waals surface area contributed by atoms with Crippen molar-refractivity contribution in [2.24, 2.45) is 0 Å². The molecule has 1 aliphatic heterocycles. The van der Waals surface area contributed by atoms with E-state index in [1.54, 1.807) is 7.11 Å². The van der Waals surface area contributed by atoms with Crippen LogP contribution in [0.1, 0.15) is 23.1 Å². The zero-order valence-electron chi connectivity index (χ0n) is 13.7. The van der Waals surface area contributed by atoms with Gasteiger partial charge in [0.15, 0.2) is 0 Å². The van der Waals surface area contributed by atoms with E-state index in [0.29, 0.717) is 11.4 Å². The third kappa shape index (κ3) is 2.72. The minimum atomic E-state index is 0.310. The Morgan fingerprint density at radius 1 is 1.17 bits per heavy atom. The molecule has 122 valence electrons. The molecule has 0 saturated heterocycles. The van der Waals surface area contributed by atoms with Gasteiger partial charge in [-0.15, -0.1) is 0 Å². The second-order valence-electron chi connectivity index (χ2n) is 5.62. The monoisotopic (exact) mass is 339 g/mol. The Kier molecular flexibility index (Phi) is 4.45. The van der Waals surface area contributed by atoms with Crippen LogP contribution in [0.15, 0.2) is 54.7 Å². The van der Waals surface area contributed by atoms with Crippen LogP contribution in [0.5, 0.6) is 5.75 Å². The van der Waals surface area contributed by atoms with E-state index in [4.69, 9.17) is 16.3 Å². The van der Waals surface area contributed by atoms with Gasteiger partial charge in [-0.05, 0) is 41.5 Å². The van der Waals surface area contributed by atoms with Crippen LogP contribution < -0.4 is 4.74 Å². The summed E-state index contributed by atoms with van der Waals surface area (Å²) < 4.78 is 5.38. The molecular weight excluding hydrogens is 322 g/mol. The smallest absolute Gasteiger partial charge is 0.125 e. The molecule has 1 heterocycles. The number of halogens is 1. The largest absolute Gasteiger partial charge is 0.497 e. The maximum Gasteiger partial charge on any atom is 0.125 e. The first-order chi connectivity index (χ1) is 11.6. The zero-order valence-corrected chi connectivity index (χ0v) is 14.4. The highest BCUT2D eigenvalue weighted by molar-refractivity contribution is 6.30. The molecular formula is C20H18ClNO2. The average Bonchev–Trinajstić information content (AvgIpc) is 2.60. The zero-order chi connectivity index (χ0) is 17.3. The first-order valence-electron chi connectivity index (χ1n) is 7.61. The van der Waals surface area contributed by atoms with E-state index in [1.807, 2.05) is 54.4 Å². The van der Waals surface area contributed by atoms with Crippen LogP contribution in [-0.4, -0.2) is 25.3 Å². The second kappa shape index (κ2) is 6.54. The van der Waals surface area contributed by atoms with Crippen molar-refractivity contribution in [1.29, 1.82) is 0 Å². The molecule has 2 aromatic carbocycles. The minimum absolute atomic E-state index is 0.310. The first kappa shape index (κ1) is 16.3. The number of aldehydes is 1. The molecule has 0 spiro atoms. The van der Waals surface area contributed by atoms with Gasteiger partial charge in [-0.25, -0.2) is 0 Å². The quantitative estimate of drug-likeness (QED) is 0.762. The van der Waals surface area contributed by atoms with Crippen molar-refractivity contribution >= 4 is 29.2 Å². The number of carbonyl (C=O) groups excluding carboxylic acids is 1. The van der Waals surface area contributed by atoms with Gasteiger partial charge in [0.05, 0.1) is 7.11 Å². The van der Waals surface area contributed by atoms with E-state index in [1.165, 1.54) is 0 Å². The number of ether oxygens (including phenoxy) is 1. The number of nitrogens with zero attached hydrogens (tertiary/aromatic N) is 1. The molecule has 0 fully saturated rings. The number of benzene rings is 2. The average molecular weight is 340 g/mol. The van der Waals surface area contributed by atoms with Crippen LogP contribution in [0.2, 0.25) is 5.02 Å². The molecule has 0 aliphatic carbocycles. The SMILES string of the molecule is C=C1c2ccc(OC)cc2C(c2ccc(Cl)cc2)=C(CC=O)N1C. The predicted molar refractivity (Wildman–Crippen MR) is 97.9 cm³/mol. The molecule has 3 rings (SSSR count). The Morgan fingerprint density at radius 2 is 1.88 bits per heavy atom. The second-order valence-corrected chi connectivity index (χ2v) is 6.05. The van der Waals surface area contributed by atoms with Gasteiger partial charge in [0, 0.05) is 41.0 Å². The molecule has 4 heteroatoms. The van der Waals surface area contributed by atoms with Crippen molar-refractivity contribution in [2.45, 2.75) is 6.42 Å². The first-order valence-corrected chi connectivity index (χ1v) is 7.98. The van der Waals surface area contributed by atoms with Crippen LogP contribution in [0.4, 0.5) is 0 Å². The number of rotatable bonds is 4. The number of hydrogen-bond donors (Lipinski definition) is 0. The molecule has 0 amide bonds. The van der Waals surface area contributed by atoms with Crippen molar-refractivity contribution in [2.75, 3.05) is 14.2 Å². The van der Waals surface area contributed by atoms with E-state index in [0.717, 1.165) is 45.7 Å². The number of methoxy groups -OCH3 is 1. The third-order valence-electron chi connectivity index (χ3n) is 4.31. The topological polar surface area (TPSA) is 29.5 Å². The van der Waals surface area contributed by atoms with E-state index in [2.05, 4.69) is 6.58 Å². The maximum atomic E-state index is 11.3. The molecule has 24 heavy (non-hydrogen) atoms. The Bertz CT molecular complexity index is 837. The van der Waals surface area contributed by atoms with Crippen molar-refractivity contribution in [3.63, 3.8) is 0 Å². The lowest BCUT2D eigenvalue weighted by molar-refractivity contribution is -0.107. The third-order valence-corrected chi connectivity index (χ3v) is 4.57. The summed E-state index contributed by atoms with van der Waals surface area (Å²) in [5, 5.41) is 0.677. The van der Waals surface area contributed by atoms with Crippen LogP contribution in [-0.2, 0) is 4.79 Å². The Balaban J connectivity index is 2.31.